The van der Waals surface area contributed by atoms with Crippen molar-refractivity contribution in [2.45, 2.75) is 30.1 Å². The van der Waals surface area contributed by atoms with Crippen molar-refractivity contribution in [1.29, 1.82) is 0 Å². The van der Waals surface area contributed by atoms with Crippen molar-refractivity contribution in [2.75, 3.05) is 13.6 Å². The smallest absolute Gasteiger partial charge is 0.0914 e. The molecule has 0 aromatic heterocycles. The van der Waals surface area contributed by atoms with Gasteiger partial charge in [0.1, 0.15) is 0 Å². The van der Waals surface area contributed by atoms with E-state index in [1.165, 1.54) is 4.90 Å². The number of hydrogen-bond acceptors (Lipinski definition) is 3. The van der Waals surface area contributed by atoms with E-state index in [0.717, 1.165) is 10.0 Å². The number of rotatable bonds is 5. The van der Waals surface area contributed by atoms with Gasteiger partial charge in [0.2, 0.25) is 0 Å². The lowest BCUT2D eigenvalue weighted by atomic mass is 10.1. The van der Waals surface area contributed by atoms with Crippen LogP contribution >= 0.6 is 27.7 Å². The van der Waals surface area contributed by atoms with Gasteiger partial charge in [-0.15, -0.1) is 11.8 Å². The molecule has 0 saturated heterocycles. The summed E-state index contributed by atoms with van der Waals surface area (Å²) in [6.07, 6.45) is -0.445. The molecule has 2 nitrogen and oxygen atoms in total. The highest BCUT2D eigenvalue weighted by atomic mass is 79.9. The first kappa shape index (κ1) is 14.0. The predicted molar refractivity (Wildman–Crippen MR) is 74.0 cm³/mol. The third-order valence-corrected chi connectivity index (χ3v) is 4.10. The second-order valence-electron chi connectivity index (χ2n) is 3.93. The van der Waals surface area contributed by atoms with Gasteiger partial charge in [-0.25, -0.2) is 0 Å². The lowest BCUT2D eigenvalue weighted by Crippen LogP contribution is -2.16. The summed E-state index contributed by atoms with van der Waals surface area (Å²) in [6, 6.07) is 6.03. The summed E-state index contributed by atoms with van der Waals surface area (Å²) in [5.41, 5.74) is 0.939. The van der Waals surface area contributed by atoms with Crippen molar-refractivity contribution >= 4 is 27.7 Å². The number of benzene rings is 1. The molecule has 1 atom stereocenters. The Kier molecular flexibility index (Phi) is 5.83. The Balaban J connectivity index is 2.82. The van der Waals surface area contributed by atoms with Crippen molar-refractivity contribution in [3.63, 3.8) is 0 Å². The summed E-state index contributed by atoms with van der Waals surface area (Å²) >= 11 is 5.36. The van der Waals surface area contributed by atoms with Gasteiger partial charge in [0.15, 0.2) is 0 Å². The van der Waals surface area contributed by atoms with E-state index in [2.05, 4.69) is 41.2 Å². The SMILES string of the molecule is CNCC(O)c1ccc(SC(C)C)c(Br)c1. The maximum atomic E-state index is 9.83. The largest absolute Gasteiger partial charge is 0.387 e. The first-order chi connectivity index (χ1) is 7.54. The second-order valence-corrected chi connectivity index (χ2v) is 6.40. The molecule has 0 aliphatic heterocycles. The molecule has 0 heterocycles. The van der Waals surface area contributed by atoms with Gasteiger partial charge in [0, 0.05) is 21.2 Å². The predicted octanol–water partition coefficient (Wildman–Crippen LogP) is 3.20. The maximum Gasteiger partial charge on any atom is 0.0914 e. The van der Waals surface area contributed by atoms with Crippen LogP contribution in [0.3, 0.4) is 0 Å². The Morgan fingerprint density at radius 3 is 2.62 bits per heavy atom. The number of hydrogen-bond donors (Lipinski definition) is 2. The highest BCUT2D eigenvalue weighted by Gasteiger charge is 2.09. The molecule has 2 N–H and O–H groups in total. The molecule has 1 aromatic rings. The van der Waals surface area contributed by atoms with Gasteiger partial charge in [-0.2, -0.15) is 0 Å². The quantitative estimate of drug-likeness (QED) is 0.819. The molecular formula is C12H18BrNOS. The average molecular weight is 304 g/mol. The monoisotopic (exact) mass is 303 g/mol. The van der Waals surface area contributed by atoms with E-state index < -0.39 is 6.10 Å². The Labute approximate surface area is 110 Å². The van der Waals surface area contributed by atoms with Crippen molar-refractivity contribution < 1.29 is 5.11 Å². The Morgan fingerprint density at radius 2 is 2.12 bits per heavy atom. The van der Waals surface area contributed by atoms with Gasteiger partial charge < -0.3 is 10.4 Å². The number of nitrogens with one attached hydrogen (secondary N) is 1. The standard InChI is InChI=1S/C12H18BrNOS/c1-8(2)16-12-5-4-9(6-10(12)13)11(15)7-14-3/h4-6,8,11,14-15H,7H2,1-3H3. The maximum absolute atomic E-state index is 9.83. The number of halogens is 1. The Bertz CT molecular complexity index is 344. The lowest BCUT2D eigenvalue weighted by Gasteiger charge is -2.13. The van der Waals surface area contributed by atoms with E-state index in [1.54, 1.807) is 0 Å². The summed E-state index contributed by atoms with van der Waals surface area (Å²) in [4.78, 5) is 1.22. The van der Waals surface area contributed by atoms with Crippen LogP contribution in [0, 0.1) is 0 Å². The fourth-order valence-corrected chi connectivity index (χ4v) is 2.89. The van der Waals surface area contributed by atoms with Gasteiger partial charge in [-0.1, -0.05) is 19.9 Å². The molecule has 16 heavy (non-hydrogen) atoms. The van der Waals surface area contributed by atoms with E-state index >= 15 is 0 Å². The second kappa shape index (κ2) is 6.64. The summed E-state index contributed by atoms with van der Waals surface area (Å²) in [6.45, 7) is 4.91. The molecule has 1 aromatic carbocycles. The molecule has 0 bridgehead atoms. The molecule has 90 valence electrons. The van der Waals surface area contributed by atoms with Crippen LogP contribution in [0.5, 0.6) is 0 Å². The number of likely N-dealkylation sites (N-methyl/N-ethyl adjacent to an activating group) is 1. The van der Waals surface area contributed by atoms with Gasteiger partial charge in [-0.05, 0) is 40.7 Å². The normalized spacial score (nSPS) is 13.1. The van der Waals surface area contributed by atoms with Gasteiger partial charge in [-0.3, -0.25) is 0 Å². The summed E-state index contributed by atoms with van der Waals surface area (Å²) in [5.74, 6) is 0. The van der Waals surface area contributed by atoms with E-state index in [4.69, 9.17) is 0 Å². The van der Waals surface area contributed by atoms with Crippen LogP contribution in [0.4, 0.5) is 0 Å². The zero-order valence-electron chi connectivity index (χ0n) is 9.83. The minimum absolute atomic E-state index is 0.445. The molecule has 1 rings (SSSR count). The molecular weight excluding hydrogens is 286 g/mol. The van der Waals surface area contributed by atoms with Gasteiger partial charge >= 0.3 is 0 Å². The molecule has 0 fully saturated rings. The molecule has 4 heteroatoms. The third-order valence-electron chi connectivity index (χ3n) is 2.10. The minimum Gasteiger partial charge on any atom is -0.387 e. The molecule has 0 spiro atoms. The number of aliphatic hydroxyl groups excluding tert-OH is 1. The zero-order chi connectivity index (χ0) is 12.1. The third kappa shape index (κ3) is 4.09. The van der Waals surface area contributed by atoms with E-state index in [1.807, 2.05) is 30.9 Å². The zero-order valence-corrected chi connectivity index (χ0v) is 12.2. The van der Waals surface area contributed by atoms with Gasteiger partial charge in [0.25, 0.3) is 0 Å². The van der Waals surface area contributed by atoms with E-state index in [0.29, 0.717) is 11.8 Å². The van der Waals surface area contributed by atoms with Crippen LogP contribution in [0.25, 0.3) is 0 Å². The first-order valence-electron chi connectivity index (χ1n) is 5.33. The Hall–Kier alpha value is -0.0300. The molecule has 0 aliphatic carbocycles. The van der Waals surface area contributed by atoms with Crippen LogP contribution in [0.2, 0.25) is 0 Å². The molecule has 0 saturated carbocycles. The van der Waals surface area contributed by atoms with Crippen molar-refractivity contribution in [2.24, 2.45) is 0 Å². The lowest BCUT2D eigenvalue weighted by molar-refractivity contribution is 0.177. The van der Waals surface area contributed by atoms with Crippen LogP contribution in [0.15, 0.2) is 27.6 Å². The molecule has 0 radical (unpaired) electrons. The van der Waals surface area contributed by atoms with Crippen LogP contribution in [0.1, 0.15) is 25.5 Å². The van der Waals surface area contributed by atoms with Crippen molar-refractivity contribution in [3.8, 4) is 0 Å². The summed E-state index contributed by atoms with van der Waals surface area (Å²) in [5, 5.41) is 13.3. The number of aliphatic hydroxyl groups is 1. The van der Waals surface area contributed by atoms with E-state index in [-0.39, 0.29) is 0 Å². The van der Waals surface area contributed by atoms with Gasteiger partial charge in [0.05, 0.1) is 6.10 Å². The van der Waals surface area contributed by atoms with E-state index in [9.17, 15) is 5.11 Å². The molecule has 0 aliphatic rings. The Morgan fingerprint density at radius 1 is 1.44 bits per heavy atom. The van der Waals surface area contributed by atoms with Crippen molar-refractivity contribution in [3.05, 3.63) is 28.2 Å². The number of thioether (sulfide) groups is 1. The highest BCUT2D eigenvalue weighted by Crippen LogP contribution is 2.32. The van der Waals surface area contributed by atoms with Crippen LogP contribution < -0.4 is 5.32 Å². The molecule has 1 unspecified atom stereocenters. The highest BCUT2D eigenvalue weighted by molar-refractivity contribution is 9.10. The topological polar surface area (TPSA) is 32.3 Å². The first-order valence-corrected chi connectivity index (χ1v) is 7.00. The average Bonchev–Trinajstić information content (AvgIpc) is 2.20. The summed E-state index contributed by atoms with van der Waals surface area (Å²) < 4.78 is 1.05. The van der Waals surface area contributed by atoms with Crippen molar-refractivity contribution in [1.82, 2.24) is 5.32 Å². The fraction of sp³-hybridized carbons (Fsp3) is 0.500. The molecule has 0 amide bonds. The minimum atomic E-state index is -0.445. The van der Waals surface area contributed by atoms with Crippen LogP contribution in [-0.4, -0.2) is 23.9 Å². The fourth-order valence-electron chi connectivity index (χ4n) is 1.39. The van der Waals surface area contributed by atoms with Crippen LogP contribution in [-0.2, 0) is 0 Å². The summed E-state index contributed by atoms with van der Waals surface area (Å²) in [7, 11) is 1.83.